The van der Waals surface area contributed by atoms with Crippen LogP contribution in [0, 0.1) is 6.92 Å². The third-order valence-corrected chi connectivity index (χ3v) is 2.24. The molecular formula is C11H11ClN2O2. The summed E-state index contributed by atoms with van der Waals surface area (Å²) in [5, 5.41) is 8.85. The number of aromatic nitrogens is 2. The first-order chi connectivity index (χ1) is 7.20. The Morgan fingerprint density at radius 1 is 1.31 bits per heavy atom. The molecule has 0 amide bonds. The monoisotopic (exact) mass is 238 g/mol. The molecule has 0 saturated heterocycles. The number of halogens is 1. The molecule has 0 aliphatic carbocycles. The molecule has 0 radical (unpaired) electrons. The molecule has 0 bridgehead atoms. The first-order valence-electron chi connectivity index (χ1n) is 4.53. The Bertz CT molecular complexity index is 494. The minimum Gasteiger partial charge on any atom is -0.476 e. The Kier molecular flexibility index (Phi) is 3.68. The molecule has 1 aromatic carbocycles. The molecule has 0 spiro atoms. The Balaban J connectivity index is 0.00000128. The van der Waals surface area contributed by atoms with Gasteiger partial charge in [0.1, 0.15) is 6.33 Å². The van der Waals surface area contributed by atoms with Gasteiger partial charge in [-0.2, -0.15) is 0 Å². The van der Waals surface area contributed by atoms with Gasteiger partial charge in [0.25, 0.3) is 0 Å². The zero-order valence-corrected chi connectivity index (χ0v) is 9.44. The molecule has 2 rings (SSSR count). The molecule has 0 unspecified atom stereocenters. The van der Waals surface area contributed by atoms with Crippen LogP contribution >= 0.6 is 12.4 Å². The Morgan fingerprint density at radius 2 is 1.94 bits per heavy atom. The van der Waals surface area contributed by atoms with Crippen LogP contribution in [-0.4, -0.2) is 20.6 Å². The van der Waals surface area contributed by atoms with Gasteiger partial charge in [0.15, 0.2) is 5.69 Å². The maximum atomic E-state index is 10.8. The van der Waals surface area contributed by atoms with Crippen molar-refractivity contribution in [2.75, 3.05) is 0 Å². The molecule has 0 fully saturated rings. The Hall–Kier alpha value is -1.81. The number of aromatic carboxylic acids is 1. The molecule has 0 atom stereocenters. The van der Waals surface area contributed by atoms with Gasteiger partial charge in [-0.05, 0) is 19.1 Å². The first kappa shape index (κ1) is 12.3. The number of rotatable bonds is 2. The SMILES string of the molecule is Cc1c(C(=O)O)ncn1-c1ccccc1.Cl. The van der Waals surface area contributed by atoms with E-state index < -0.39 is 5.97 Å². The van der Waals surface area contributed by atoms with E-state index in [1.807, 2.05) is 30.3 Å². The van der Waals surface area contributed by atoms with Crippen LogP contribution in [0.1, 0.15) is 16.2 Å². The van der Waals surface area contributed by atoms with Gasteiger partial charge in [0.2, 0.25) is 0 Å². The summed E-state index contributed by atoms with van der Waals surface area (Å²) in [6.07, 6.45) is 1.52. The van der Waals surface area contributed by atoms with Crippen molar-refractivity contribution in [3.05, 3.63) is 48.0 Å². The number of benzene rings is 1. The van der Waals surface area contributed by atoms with E-state index in [9.17, 15) is 4.79 Å². The number of carboxylic acid groups (broad SMARTS) is 1. The molecule has 0 saturated carbocycles. The molecule has 16 heavy (non-hydrogen) atoms. The fourth-order valence-electron chi connectivity index (χ4n) is 1.47. The van der Waals surface area contributed by atoms with Gasteiger partial charge in [0.05, 0.1) is 5.69 Å². The minimum absolute atomic E-state index is 0. The fraction of sp³-hybridized carbons (Fsp3) is 0.0909. The van der Waals surface area contributed by atoms with Gasteiger partial charge in [-0.1, -0.05) is 18.2 Å². The highest BCUT2D eigenvalue weighted by Crippen LogP contribution is 2.13. The number of para-hydroxylation sites is 1. The van der Waals surface area contributed by atoms with Gasteiger partial charge in [0, 0.05) is 5.69 Å². The summed E-state index contributed by atoms with van der Waals surface area (Å²) in [7, 11) is 0. The first-order valence-corrected chi connectivity index (χ1v) is 4.53. The fourth-order valence-corrected chi connectivity index (χ4v) is 1.47. The average Bonchev–Trinajstić information content (AvgIpc) is 2.61. The number of hydrogen-bond donors (Lipinski definition) is 1. The van der Waals surface area contributed by atoms with E-state index in [2.05, 4.69) is 4.98 Å². The lowest BCUT2D eigenvalue weighted by Gasteiger charge is -2.03. The second-order valence-electron chi connectivity index (χ2n) is 3.19. The van der Waals surface area contributed by atoms with Crippen LogP contribution in [-0.2, 0) is 0 Å². The summed E-state index contributed by atoms with van der Waals surface area (Å²) >= 11 is 0. The van der Waals surface area contributed by atoms with Gasteiger partial charge in [-0.25, -0.2) is 9.78 Å². The van der Waals surface area contributed by atoms with E-state index >= 15 is 0 Å². The van der Waals surface area contributed by atoms with Gasteiger partial charge >= 0.3 is 5.97 Å². The highest BCUT2D eigenvalue weighted by Gasteiger charge is 2.13. The Labute approximate surface area is 99.0 Å². The van der Waals surface area contributed by atoms with Gasteiger partial charge < -0.3 is 9.67 Å². The second kappa shape index (κ2) is 4.81. The third kappa shape index (κ3) is 2.06. The van der Waals surface area contributed by atoms with Crippen molar-refractivity contribution in [3.8, 4) is 5.69 Å². The van der Waals surface area contributed by atoms with Crippen LogP contribution < -0.4 is 0 Å². The standard InChI is InChI=1S/C11H10N2O2.ClH/c1-8-10(11(14)15)12-7-13(8)9-5-3-2-4-6-9;/h2-7H,1H3,(H,14,15);1H. The van der Waals surface area contributed by atoms with Crippen molar-refractivity contribution in [1.82, 2.24) is 9.55 Å². The van der Waals surface area contributed by atoms with Crippen LogP contribution in [0.5, 0.6) is 0 Å². The molecule has 0 aliphatic heterocycles. The lowest BCUT2D eigenvalue weighted by Crippen LogP contribution is -2.01. The Morgan fingerprint density at radius 3 is 2.44 bits per heavy atom. The highest BCUT2D eigenvalue weighted by atomic mass is 35.5. The molecule has 84 valence electrons. The van der Waals surface area contributed by atoms with Crippen LogP contribution in [0.2, 0.25) is 0 Å². The van der Waals surface area contributed by atoms with Crippen LogP contribution in [0.15, 0.2) is 36.7 Å². The maximum absolute atomic E-state index is 10.8. The number of carbonyl (C=O) groups is 1. The van der Waals surface area contributed by atoms with Crippen LogP contribution in [0.3, 0.4) is 0 Å². The lowest BCUT2D eigenvalue weighted by atomic mass is 10.3. The number of imidazole rings is 1. The summed E-state index contributed by atoms with van der Waals surface area (Å²) in [5.41, 5.74) is 1.64. The van der Waals surface area contributed by atoms with E-state index in [1.54, 1.807) is 11.5 Å². The third-order valence-electron chi connectivity index (χ3n) is 2.24. The highest BCUT2D eigenvalue weighted by molar-refractivity contribution is 5.86. The molecule has 4 nitrogen and oxygen atoms in total. The van der Waals surface area contributed by atoms with Crippen molar-refractivity contribution in [2.45, 2.75) is 6.92 Å². The predicted molar refractivity (Wildman–Crippen MR) is 62.5 cm³/mol. The van der Waals surface area contributed by atoms with Crippen molar-refractivity contribution < 1.29 is 9.90 Å². The van der Waals surface area contributed by atoms with Crippen molar-refractivity contribution in [2.24, 2.45) is 0 Å². The molecule has 1 heterocycles. The molecule has 0 aliphatic rings. The van der Waals surface area contributed by atoms with Crippen molar-refractivity contribution >= 4 is 18.4 Å². The average molecular weight is 239 g/mol. The number of carboxylic acids is 1. The minimum atomic E-state index is -0.998. The summed E-state index contributed by atoms with van der Waals surface area (Å²) in [5.74, 6) is -0.998. The van der Waals surface area contributed by atoms with Gasteiger partial charge in [-0.3, -0.25) is 0 Å². The van der Waals surface area contributed by atoms with E-state index in [0.29, 0.717) is 5.69 Å². The van der Waals surface area contributed by atoms with E-state index in [1.165, 1.54) is 6.33 Å². The molecule has 1 aromatic heterocycles. The summed E-state index contributed by atoms with van der Waals surface area (Å²) < 4.78 is 1.75. The van der Waals surface area contributed by atoms with Crippen LogP contribution in [0.4, 0.5) is 0 Å². The van der Waals surface area contributed by atoms with E-state index in [4.69, 9.17) is 5.11 Å². The lowest BCUT2D eigenvalue weighted by molar-refractivity contribution is 0.0690. The molecule has 5 heteroatoms. The molecule has 2 aromatic rings. The zero-order valence-electron chi connectivity index (χ0n) is 8.62. The normalized spacial score (nSPS) is 9.56. The summed E-state index contributed by atoms with van der Waals surface area (Å²) in [6.45, 7) is 1.74. The largest absolute Gasteiger partial charge is 0.476 e. The van der Waals surface area contributed by atoms with Crippen LogP contribution in [0.25, 0.3) is 5.69 Å². The van der Waals surface area contributed by atoms with Gasteiger partial charge in [-0.15, -0.1) is 12.4 Å². The number of nitrogens with zero attached hydrogens (tertiary/aromatic N) is 2. The molecule has 1 N–H and O–H groups in total. The van der Waals surface area contributed by atoms with E-state index in [-0.39, 0.29) is 18.1 Å². The van der Waals surface area contributed by atoms with E-state index in [0.717, 1.165) is 5.69 Å². The second-order valence-corrected chi connectivity index (χ2v) is 3.19. The summed E-state index contributed by atoms with van der Waals surface area (Å²) in [4.78, 5) is 14.6. The number of hydrogen-bond acceptors (Lipinski definition) is 2. The van der Waals surface area contributed by atoms with Crippen molar-refractivity contribution in [1.29, 1.82) is 0 Å². The predicted octanol–water partition coefficient (Wildman–Crippen LogP) is 2.30. The van der Waals surface area contributed by atoms with Crippen molar-refractivity contribution in [3.63, 3.8) is 0 Å². The zero-order chi connectivity index (χ0) is 10.8. The topological polar surface area (TPSA) is 55.1 Å². The quantitative estimate of drug-likeness (QED) is 0.874. The summed E-state index contributed by atoms with van der Waals surface area (Å²) in [6, 6.07) is 9.51. The smallest absolute Gasteiger partial charge is 0.356 e. The maximum Gasteiger partial charge on any atom is 0.356 e. The molecular weight excluding hydrogens is 228 g/mol.